The van der Waals surface area contributed by atoms with E-state index < -0.39 is 5.41 Å². The molecule has 3 aliphatic rings. The van der Waals surface area contributed by atoms with Crippen molar-refractivity contribution in [3.8, 4) is 0 Å². The molecule has 3 heterocycles. The molecule has 28 heavy (non-hydrogen) atoms. The predicted octanol–water partition coefficient (Wildman–Crippen LogP) is 0.856. The lowest BCUT2D eigenvalue weighted by Crippen LogP contribution is -2.47. The molecule has 1 aromatic heterocycles. The first kappa shape index (κ1) is 19.1. The minimum absolute atomic E-state index is 0.0215. The van der Waals surface area contributed by atoms with Crippen LogP contribution in [-0.2, 0) is 14.3 Å². The van der Waals surface area contributed by atoms with Crippen molar-refractivity contribution < 1.29 is 19.4 Å². The van der Waals surface area contributed by atoms with Gasteiger partial charge in [0, 0.05) is 50.4 Å². The van der Waals surface area contributed by atoms with Crippen LogP contribution in [0.2, 0.25) is 0 Å². The summed E-state index contributed by atoms with van der Waals surface area (Å²) in [7, 11) is 0. The predicted molar refractivity (Wildman–Crippen MR) is 101 cm³/mol. The Morgan fingerprint density at radius 2 is 2.04 bits per heavy atom. The molecule has 3 fully saturated rings. The van der Waals surface area contributed by atoms with Crippen molar-refractivity contribution in [2.24, 2.45) is 17.3 Å². The van der Waals surface area contributed by atoms with Crippen molar-refractivity contribution in [2.45, 2.75) is 38.7 Å². The van der Waals surface area contributed by atoms with Crippen LogP contribution in [-0.4, -0.2) is 70.7 Å². The summed E-state index contributed by atoms with van der Waals surface area (Å²) in [6, 6.07) is 1.77. The van der Waals surface area contributed by atoms with Crippen molar-refractivity contribution in [3.05, 3.63) is 18.5 Å². The van der Waals surface area contributed by atoms with Crippen LogP contribution < -0.4 is 4.90 Å². The molecule has 1 saturated carbocycles. The number of ether oxygens (including phenoxy) is 1. The van der Waals surface area contributed by atoms with E-state index in [0.29, 0.717) is 58.0 Å². The summed E-state index contributed by atoms with van der Waals surface area (Å²) in [4.78, 5) is 38.5. The van der Waals surface area contributed by atoms with Crippen LogP contribution in [0.3, 0.4) is 0 Å². The van der Waals surface area contributed by atoms with E-state index in [1.807, 2.05) is 16.7 Å². The van der Waals surface area contributed by atoms with Crippen molar-refractivity contribution >= 4 is 17.8 Å². The molecule has 1 aliphatic carbocycles. The van der Waals surface area contributed by atoms with Gasteiger partial charge in [-0.05, 0) is 38.7 Å². The molecule has 1 N–H and O–H groups in total. The topological polar surface area (TPSA) is 95.9 Å². The number of aliphatic hydroxyl groups is 1. The maximum absolute atomic E-state index is 13.0. The number of likely N-dealkylation sites (tertiary alicyclic amines) is 1. The summed E-state index contributed by atoms with van der Waals surface area (Å²) in [5, 5.41) is 9.55. The second-order valence-corrected chi connectivity index (χ2v) is 8.21. The largest absolute Gasteiger partial charge is 0.466 e. The molecule has 0 radical (unpaired) electrons. The van der Waals surface area contributed by atoms with Crippen LogP contribution in [0.25, 0.3) is 0 Å². The first-order valence-corrected chi connectivity index (χ1v) is 10.2. The van der Waals surface area contributed by atoms with Gasteiger partial charge in [-0.2, -0.15) is 0 Å². The highest BCUT2D eigenvalue weighted by Gasteiger charge is 2.55. The zero-order valence-corrected chi connectivity index (χ0v) is 16.3. The Bertz CT molecular complexity index is 724. The van der Waals surface area contributed by atoms with E-state index in [1.54, 1.807) is 18.5 Å². The summed E-state index contributed by atoms with van der Waals surface area (Å²) in [6.45, 7) is 4.51. The number of rotatable bonds is 4. The Morgan fingerprint density at radius 3 is 2.71 bits per heavy atom. The van der Waals surface area contributed by atoms with Gasteiger partial charge in [0.05, 0.1) is 18.1 Å². The molecule has 8 heteroatoms. The molecular formula is C20H28N4O4. The Balaban J connectivity index is 1.57. The van der Waals surface area contributed by atoms with E-state index in [4.69, 9.17) is 4.74 Å². The van der Waals surface area contributed by atoms with Crippen LogP contribution in [0.5, 0.6) is 0 Å². The van der Waals surface area contributed by atoms with Gasteiger partial charge in [0.1, 0.15) is 0 Å². The third-order valence-electron chi connectivity index (χ3n) is 6.48. The summed E-state index contributed by atoms with van der Waals surface area (Å²) in [5.41, 5.74) is -0.636. The number of fused-ring (bicyclic) bond motifs is 1. The number of esters is 1. The molecule has 0 spiro atoms. The number of anilines is 1. The number of amides is 1. The number of carbonyl (C=O) groups is 2. The average molecular weight is 388 g/mol. The lowest BCUT2D eigenvalue weighted by molar-refractivity contribution is -0.157. The number of hydrogen-bond donors (Lipinski definition) is 1. The molecule has 0 bridgehead atoms. The third kappa shape index (κ3) is 3.34. The Labute approximate surface area is 164 Å². The van der Waals surface area contributed by atoms with Crippen molar-refractivity contribution in [3.63, 3.8) is 0 Å². The fourth-order valence-electron chi connectivity index (χ4n) is 4.90. The number of hydrogen-bond acceptors (Lipinski definition) is 7. The minimum Gasteiger partial charge on any atom is -0.466 e. The van der Waals surface area contributed by atoms with Crippen LogP contribution >= 0.6 is 0 Å². The summed E-state index contributed by atoms with van der Waals surface area (Å²) in [5.74, 6) is 0.442. The van der Waals surface area contributed by atoms with E-state index in [0.717, 1.165) is 6.42 Å². The smallest absolute Gasteiger partial charge is 0.314 e. The molecule has 152 valence electrons. The molecule has 0 aromatic carbocycles. The average Bonchev–Trinajstić information content (AvgIpc) is 2.95. The van der Waals surface area contributed by atoms with Gasteiger partial charge in [-0.15, -0.1) is 0 Å². The number of aliphatic hydroxyl groups excluding tert-OH is 1. The van der Waals surface area contributed by atoms with Crippen LogP contribution in [0.1, 0.15) is 32.6 Å². The summed E-state index contributed by atoms with van der Waals surface area (Å²) >= 11 is 0. The van der Waals surface area contributed by atoms with Crippen molar-refractivity contribution in [1.29, 1.82) is 0 Å². The lowest BCUT2D eigenvalue weighted by atomic mass is 9.75. The van der Waals surface area contributed by atoms with Crippen LogP contribution in [0.4, 0.5) is 5.95 Å². The zero-order chi connectivity index (χ0) is 19.7. The molecular weight excluding hydrogens is 360 g/mol. The van der Waals surface area contributed by atoms with E-state index in [9.17, 15) is 14.7 Å². The van der Waals surface area contributed by atoms with Gasteiger partial charge >= 0.3 is 5.97 Å². The van der Waals surface area contributed by atoms with E-state index >= 15 is 0 Å². The van der Waals surface area contributed by atoms with Crippen LogP contribution in [0, 0.1) is 17.3 Å². The summed E-state index contributed by atoms with van der Waals surface area (Å²) in [6.07, 6.45) is 5.60. The SMILES string of the molecule is CCOC(=O)[C@@]12CCCN(C(=O)C3CC(O)C3)C[C@H]1CN(c1ncccn1)C2. The highest BCUT2D eigenvalue weighted by atomic mass is 16.5. The molecule has 8 nitrogen and oxygen atoms in total. The van der Waals surface area contributed by atoms with Gasteiger partial charge in [0.2, 0.25) is 11.9 Å². The van der Waals surface area contributed by atoms with Gasteiger partial charge in [-0.3, -0.25) is 9.59 Å². The first-order chi connectivity index (χ1) is 13.5. The molecule has 1 amide bonds. The maximum atomic E-state index is 13.0. The third-order valence-corrected chi connectivity index (χ3v) is 6.48. The monoisotopic (exact) mass is 388 g/mol. The highest BCUT2D eigenvalue weighted by molar-refractivity contribution is 5.82. The molecule has 4 rings (SSSR count). The van der Waals surface area contributed by atoms with Crippen LogP contribution in [0.15, 0.2) is 18.5 Å². The molecule has 0 unspecified atom stereocenters. The van der Waals surface area contributed by atoms with Gasteiger partial charge in [0.15, 0.2) is 0 Å². The molecule has 2 aliphatic heterocycles. The number of carbonyl (C=O) groups excluding carboxylic acids is 2. The first-order valence-electron chi connectivity index (χ1n) is 10.2. The quantitative estimate of drug-likeness (QED) is 0.764. The maximum Gasteiger partial charge on any atom is 0.314 e. The second kappa shape index (κ2) is 7.66. The lowest BCUT2D eigenvalue weighted by Gasteiger charge is -2.36. The highest BCUT2D eigenvalue weighted by Crippen LogP contribution is 2.45. The fraction of sp³-hybridized carbons (Fsp3) is 0.700. The minimum atomic E-state index is -0.636. The van der Waals surface area contributed by atoms with E-state index in [1.165, 1.54) is 0 Å². The van der Waals surface area contributed by atoms with Crippen molar-refractivity contribution in [1.82, 2.24) is 14.9 Å². The Morgan fingerprint density at radius 1 is 1.29 bits per heavy atom. The number of nitrogens with zero attached hydrogens (tertiary/aromatic N) is 4. The van der Waals surface area contributed by atoms with Crippen molar-refractivity contribution in [2.75, 3.05) is 37.7 Å². The Hall–Kier alpha value is -2.22. The zero-order valence-electron chi connectivity index (χ0n) is 16.3. The molecule has 1 aromatic rings. The van der Waals surface area contributed by atoms with E-state index in [-0.39, 0.29) is 29.8 Å². The van der Waals surface area contributed by atoms with E-state index in [2.05, 4.69) is 9.97 Å². The fourth-order valence-corrected chi connectivity index (χ4v) is 4.90. The second-order valence-electron chi connectivity index (χ2n) is 8.21. The summed E-state index contributed by atoms with van der Waals surface area (Å²) < 4.78 is 5.47. The van der Waals surface area contributed by atoms with Gasteiger partial charge in [-0.25, -0.2) is 9.97 Å². The standard InChI is InChI=1S/C20H28N4O4/c1-2-28-18(27)20-5-3-8-23(17(26)14-9-16(25)10-14)11-15(20)12-24(13-20)19-21-6-4-7-22-19/h4,6-7,14-16,25H,2-3,5,8-13H2,1H3/t14?,15-,16?,20+/m0/s1. The molecule has 2 atom stereocenters. The number of aromatic nitrogens is 2. The van der Waals surface area contributed by atoms with Gasteiger partial charge in [-0.1, -0.05) is 0 Å². The van der Waals surface area contributed by atoms with Gasteiger partial charge < -0.3 is 19.6 Å². The normalized spacial score (nSPS) is 32.3. The van der Waals surface area contributed by atoms with Gasteiger partial charge in [0.25, 0.3) is 0 Å². The Kier molecular flexibility index (Phi) is 5.23. The molecule has 2 saturated heterocycles.